The zero-order valence-corrected chi connectivity index (χ0v) is 13.9. The van der Waals surface area contributed by atoms with E-state index in [0.29, 0.717) is 11.4 Å². The van der Waals surface area contributed by atoms with Crippen molar-refractivity contribution >= 4 is 5.91 Å². The van der Waals surface area contributed by atoms with Crippen LogP contribution >= 0.6 is 0 Å². The van der Waals surface area contributed by atoms with Crippen molar-refractivity contribution < 1.29 is 9.53 Å². The maximum atomic E-state index is 12.6. The van der Waals surface area contributed by atoms with Crippen molar-refractivity contribution in [3.05, 3.63) is 23.9 Å². The number of pyridine rings is 1. The van der Waals surface area contributed by atoms with Crippen LogP contribution in [0.1, 0.15) is 44.0 Å². The highest BCUT2D eigenvalue weighted by molar-refractivity contribution is 5.96. The summed E-state index contributed by atoms with van der Waals surface area (Å²) in [6.07, 6.45) is 3.75. The van der Waals surface area contributed by atoms with E-state index >= 15 is 0 Å². The molecule has 0 N–H and O–H groups in total. The fraction of sp³-hybridized carbons (Fsp3) is 0.647. The summed E-state index contributed by atoms with van der Waals surface area (Å²) >= 11 is 0. The van der Waals surface area contributed by atoms with Crippen molar-refractivity contribution in [1.82, 2.24) is 14.8 Å². The Morgan fingerprint density at radius 3 is 2.45 bits per heavy atom. The van der Waals surface area contributed by atoms with Crippen LogP contribution in [0.5, 0.6) is 5.88 Å². The zero-order chi connectivity index (χ0) is 16.0. The van der Waals surface area contributed by atoms with Crippen LogP contribution in [0, 0.1) is 0 Å². The number of rotatable bonds is 2. The summed E-state index contributed by atoms with van der Waals surface area (Å²) in [7, 11) is 1.58. The second kappa shape index (κ2) is 5.23. The number of likely N-dealkylation sites (tertiary alicyclic amines) is 1. The molecule has 3 heterocycles. The molecule has 0 unspecified atom stereocenters. The van der Waals surface area contributed by atoms with Crippen molar-refractivity contribution in [2.75, 3.05) is 26.7 Å². The van der Waals surface area contributed by atoms with Crippen LogP contribution in [-0.4, -0.2) is 58.5 Å². The van der Waals surface area contributed by atoms with Crippen LogP contribution in [0.2, 0.25) is 0 Å². The third-order valence-electron chi connectivity index (χ3n) is 5.00. The molecule has 0 atom stereocenters. The van der Waals surface area contributed by atoms with E-state index in [9.17, 15) is 4.79 Å². The number of amides is 1. The first-order chi connectivity index (χ1) is 10.4. The van der Waals surface area contributed by atoms with Gasteiger partial charge in [0.25, 0.3) is 5.91 Å². The minimum absolute atomic E-state index is 0.0960. The van der Waals surface area contributed by atoms with Crippen molar-refractivity contribution in [2.45, 2.75) is 44.7 Å². The van der Waals surface area contributed by atoms with Gasteiger partial charge in [0.2, 0.25) is 5.88 Å². The van der Waals surface area contributed by atoms with Gasteiger partial charge in [0.05, 0.1) is 18.2 Å². The molecule has 2 fully saturated rings. The summed E-state index contributed by atoms with van der Waals surface area (Å²) in [5.41, 5.74) is 0.959. The van der Waals surface area contributed by atoms with Gasteiger partial charge in [-0.3, -0.25) is 9.69 Å². The van der Waals surface area contributed by atoms with E-state index in [1.807, 2.05) is 4.90 Å². The number of aromatic nitrogens is 1. The summed E-state index contributed by atoms with van der Waals surface area (Å²) in [5, 5.41) is 0. The van der Waals surface area contributed by atoms with Gasteiger partial charge in [0.1, 0.15) is 0 Å². The highest BCUT2D eigenvalue weighted by Gasteiger charge is 2.56. The third-order valence-corrected chi connectivity index (χ3v) is 5.00. The van der Waals surface area contributed by atoms with Crippen LogP contribution in [0.4, 0.5) is 0 Å². The molecule has 5 heteroatoms. The Morgan fingerprint density at radius 1 is 1.27 bits per heavy atom. The first-order valence-electron chi connectivity index (χ1n) is 7.93. The lowest BCUT2D eigenvalue weighted by Gasteiger charge is -2.41. The Hall–Kier alpha value is -1.62. The quantitative estimate of drug-likeness (QED) is 0.786. The number of hydrogen-bond donors (Lipinski definition) is 0. The molecule has 2 aliphatic heterocycles. The number of methoxy groups -OCH3 is 1. The standard InChI is InChI=1S/C17H25N3O2/c1-16(2,3)19-9-7-17(8-10-19)12-20(17)15(21)13-5-6-14(22-4)18-11-13/h5-6,11H,7-10,12H2,1-4H3. The predicted octanol–water partition coefficient (Wildman–Crippen LogP) is 2.18. The molecule has 0 radical (unpaired) electrons. The van der Waals surface area contributed by atoms with Gasteiger partial charge < -0.3 is 9.64 Å². The van der Waals surface area contributed by atoms with E-state index in [2.05, 4.69) is 30.7 Å². The van der Waals surface area contributed by atoms with Crippen molar-refractivity contribution in [3.8, 4) is 5.88 Å². The monoisotopic (exact) mass is 303 g/mol. The Bertz CT molecular complexity index is 554. The minimum Gasteiger partial charge on any atom is -0.481 e. The van der Waals surface area contributed by atoms with Crippen LogP contribution < -0.4 is 4.74 Å². The second-order valence-corrected chi connectivity index (χ2v) is 7.36. The number of ether oxygens (including phenoxy) is 1. The molecule has 2 saturated heterocycles. The van der Waals surface area contributed by atoms with Gasteiger partial charge in [-0.05, 0) is 39.7 Å². The average molecular weight is 303 g/mol. The topological polar surface area (TPSA) is 45.4 Å². The molecule has 5 nitrogen and oxygen atoms in total. The highest BCUT2D eigenvalue weighted by atomic mass is 16.5. The second-order valence-electron chi connectivity index (χ2n) is 7.36. The highest BCUT2D eigenvalue weighted by Crippen LogP contribution is 2.43. The molecule has 120 valence electrons. The fourth-order valence-corrected chi connectivity index (χ4v) is 3.35. The van der Waals surface area contributed by atoms with Gasteiger partial charge in [-0.2, -0.15) is 0 Å². The summed E-state index contributed by atoms with van der Waals surface area (Å²) in [5.74, 6) is 0.634. The molecule has 0 aliphatic carbocycles. The van der Waals surface area contributed by atoms with Crippen LogP contribution in [0.3, 0.4) is 0 Å². The van der Waals surface area contributed by atoms with E-state index in [4.69, 9.17) is 4.74 Å². The number of piperidine rings is 1. The van der Waals surface area contributed by atoms with Crippen LogP contribution in [0.25, 0.3) is 0 Å². The zero-order valence-electron chi connectivity index (χ0n) is 13.9. The maximum Gasteiger partial charge on any atom is 0.256 e. The molecule has 1 amide bonds. The lowest BCUT2D eigenvalue weighted by Crippen LogP contribution is -2.49. The van der Waals surface area contributed by atoms with Gasteiger partial charge in [0.15, 0.2) is 0 Å². The Morgan fingerprint density at radius 2 is 1.95 bits per heavy atom. The van der Waals surface area contributed by atoms with E-state index in [1.165, 1.54) is 0 Å². The molecule has 0 aromatic carbocycles. The van der Waals surface area contributed by atoms with E-state index in [-0.39, 0.29) is 17.0 Å². The number of carbonyl (C=O) groups excluding carboxylic acids is 1. The summed E-state index contributed by atoms with van der Waals surface area (Å²) in [4.78, 5) is 21.2. The lowest BCUT2D eigenvalue weighted by molar-refractivity contribution is 0.0711. The molecular formula is C17H25N3O2. The largest absolute Gasteiger partial charge is 0.481 e. The molecule has 0 bridgehead atoms. The fourth-order valence-electron chi connectivity index (χ4n) is 3.35. The van der Waals surface area contributed by atoms with E-state index < -0.39 is 0 Å². The third kappa shape index (κ3) is 2.70. The summed E-state index contributed by atoms with van der Waals surface area (Å²) < 4.78 is 5.04. The molecule has 2 aliphatic rings. The first-order valence-corrected chi connectivity index (χ1v) is 7.93. The smallest absolute Gasteiger partial charge is 0.256 e. The van der Waals surface area contributed by atoms with Crippen molar-refractivity contribution in [1.29, 1.82) is 0 Å². The Balaban J connectivity index is 1.63. The maximum absolute atomic E-state index is 12.6. The molecule has 0 saturated carbocycles. The predicted molar refractivity (Wildman–Crippen MR) is 85.1 cm³/mol. The van der Waals surface area contributed by atoms with Gasteiger partial charge >= 0.3 is 0 Å². The molecule has 3 rings (SSSR count). The molecular weight excluding hydrogens is 278 g/mol. The Labute approximate surface area is 132 Å². The van der Waals surface area contributed by atoms with E-state index in [1.54, 1.807) is 25.4 Å². The van der Waals surface area contributed by atoms with E-state index in [0.717, 1.165) is 32.5 Å². The first kappa shape index (κ1) is 15.3. The minimum atomic E-state index is 0.0960. The average Bonchev–Trinajstić information content (AvgIpc) is 3.19. The van der Waals surface area contributed by atoms with Crippen molar-refractivity contribution in [3.63, 3.8) is 0 Å². The number of nitrogens with zero attached hydrogens (tertiary/aromatic N) is 3. The Kier molecular flexibility index (Phi) is 3.63. The normalized spacial score (nSPS) is 21.0. The molecule has 1 aromatic heterocycles. The van der Waals surface area contributed by atoms with Gasteiger partial charge in [-0.1, -0.05) is 0 Å². The van der Waals surface area contributed by atoms with Gasteiger partial charge in [0, 0.05) is 37.4 Å². The molecule has 22 heavy (non-hydrogen) atoms. The number of hydrogen-bond acceptors (Lipinski definition) is 4. The van der Waals surface area contributed by atoms with Crippen LogP contribution in [0.15, 0.2) is 18.3 Å². The summed E-state index contributed by atoms with van der Waals surface area (Å²) in [6.45, 7) is 9.77. The summed E-state index contributed by atoms with van der Waals surface area (Å²) in [6, 6.07) is 3.54. The molecule has 1 spiro atoms. The van der Waals surface area contributed by atoms with Crippen LogP contribution in [-0.2, 0) is 0 Å². The SMILES string of the molecule is COc1ccc(C(=O)N2CC23CCN(C(C)(C)C)CC3)cn1. The number of carbonyl (C=O) groups is 1. The molecule has 1 aromatic rings. The van der Waals surface area contributed by atoms with Crippen molar-refractivity contribution in [2.24, 2.45) is 0 Å². The lowest BCUT2D eigenvalue weighted by atomic mass is 9.92. The van der Waals surface area contributed by atoms with Gasteiger partial charge in [-0.25, -0.2) is 4.98 Å². The van der Waals surface area contributed by atoms with Gasteiger partial charge in [-0.15, -0.1) is 0 Å².